The quantitative estimate of drug-likeness (QED) is 0.627. The van der Waals surface area contributed by atoms with Crippen LogP contribution in [0.2, 0.25) is 0 Å². The smallest absolute Gasteiger partial charge is 0.146 e. The highest BCUT2D eigenvalue weighted by molar-refractivity contribution is 9.10. The summed E-state index contributed by atoms with van der Waals surface area (Å²) >= 11 is 9.45. The second-order valence-electron chi connectivity index (χ2n) is 4.42. The number of hydrogen-bond acceptors (Lipinski definition) is 2. The molecule has 0 aliphatic carbocycles. The molecule has 21 heavy (non-hydrogen) atoms. The Labute approximate surface area is 134 Å². The van der Waals surface area contributed by atoms with Crippen molar-refractivity contribution in [3.8, 4) is 11.4 Å². The van der Waals surface area contributed by atoms with Gasteiger partial charge in [-0.3, -0.25) is 4.57 Å². The number of fused-ring (bicyclic) bond motifs is 1. The van der Waals surface area contributed by atoms with E-state index in [1.54, 1.807) is 13.2 Å². The Morgan fingerprint density at radius 2 is 2.14 bits per heavy atom. The highest BCUT2D eigenvalue weighted by atomic mass is 79.9. The number of halogens is 3. The van der Waals surface area contributed by atoms with Crippen LogP contribution in [0.5, 0.6) is 5.75 Å². The first-order valence-electron chi connectivity index (χ1n) is 6.21. The molecule has 0 saturated heterocycles. The Hall–Kier alpha value is -1.59. The Kier molecular flexibility index (Phi) is 3.87. The SMILES string of the molecule is COc1cccc2c1nc(CCl)n2-c1cc(F)ccc1Br. The lowest BCUT2D eigenvalue weighted by Crippen LogP contribution is -2.01. The van der Waals surface area contributed by atoms with Gasteiger partial charge in [0, 0.05) is 4.47 Å². The molecule has 0 aliphatic rings. The zero-order valence-electron chi connectivity index (χ0n) is 11.1. The average molecular weight is 370 g/mol. The third kappa shape index (κ3) is 2.40. The summed E-state index contributed by atoms with van der Waals surface area (Å²) in [5, 5.41) is 0. The zero-order valence-corrected chi connectivity index (χ0v) is 13.4. The number of alkyl halides is 1. The monoisotopic (exact) mass is 368 g/mol. The van der Waals surface area contributed by atoms with Crippen molar-refractivity contribution in [1.29, 1.82) is 0 Å². The van der Waals surface area contributed by atoms with E-state index in [1.807, 2.05) is 22.8 Å². The van der Waals surface area contributed by atoms with Gasteiger partial charge in [0.1, 0.15) is 22.9 Å². The van der Waals surface area contributed by atoms with Gasteiger partial charge in [0.15, 0.2) is 0 Å². The molecule has 2 aromatic carbocycles. The minimum absolute atomic E-state index is 0.209. The molecule has 6 heteroatoms. The maximum atomic E-state index is 13.6. The first-order chi connectivity index (χ1) is 10.2. The topological polar surface area (TPSA) is 27.1 Å². The third-order valence-electron chi connectivity index (χ3n) is 3.21. The van der Waals surface area contributed by atoms with Crippen molar-refractivity contribution in [2.75, 3.05) is 7.11 Å². The molecule has 0 aliphatic heterocycles. The lowest BCUT2D eigenvalue weighted by molar-refractivity contribution is 0.419. The molecule has 0 radical (unpaired) electrons. The number of rotatable bonds is 3. The van der Waals surface area contributed by atoms with E-state index in [0.29, 0.717) is 22.8 Å². The van der Waals surface area contributed by atoms with Gasteiger partial charge in [-0.25, -0.2) is 9.37 Å². The van der Waals surface area contributed by atoms with Gasteiger partial charge < -0.3 is 4.74 Å². The molecule has 0 unspecified atom stereocenters. The molecule has 1 aromatic heterocycles. The van der Waals surface area contributed by atoms with Crippen molar-refractivity contribution >= 4 is 38.6 Å². The molecule has 0 atom stereocenters. The van der Waals surface area contributed by atoms with E-state index in [9.17, 15) is 4.39 Å². The van der Waals surface area contributed by atoms with Crippen molar-refractivity contribution in [2.45, 2.75) is 5.88 Å². The van der Waals surface area contributed by atoms with Crippen LogP contribution in [0, 0.1) is 5.82 Å². The molecule has 0 N–H and O–H groups in total. The van der Waals surface area contributed by atoms with Gasteiger partial charge in [0.2, 0.25) is 0 Å². The number of methoxy groups -OCH3 is 1. The summed E-state index contributed by atoms with van der Waals surface area (Å²) in [6.45, 7) is 0. The fourth-order valence-electron chi connectivity index (χ4n) is 2.30. The van der Waals surface area contributed by atoms with Crippen molar-refractivity contribution < 1.29 is 9.13 Å². The summed E-state index contributed by atoms with van der Waals surface area (Å²) in [7, 11) is 1.59. The second kappa shape index (κ2) is 5.66. The van der Waals surface area contributed by atoms with Crippen LogP contribution in [0.1, 0.15) is 5.82 Å². The first kappa shape index (κ1) is 14.4. The van der Waals surface area contributed by atoms with E-state index in [-0.39, 0.29) is 11.7 Å². The standard InChI is InChI=1S/C15H11BrClFN2O/c1-21-13-4-2-3-11-15(13)19-14(8-17)20(11)12-7-9(18)5-6-10(12)16/h2-7H,8H2,1H3. The van der Waals surface area contributed by atoms with Crippen molar-refractivity contribution in [2.24, 2.45) is 0 Å². The van der Waals surface area contributed by atoms with Gasteiger partial charge >= 0.3 is 0 Å². The lowest BCUT2D eigenvalue weighted by Gasteiger charge is -2.10. The van der Waals surface area contributed by atoms with Gasteiger partial charge in [-0.05, 0) is 46.3 Å². The number of imidazole rings is 1. The van der Waals surface area contributed by atoms with Crippen LogP contribution < -0.4 is 4.74 Å². The van der Waals surface area contributed by atoms with E-state index in [1.165, 1.54) is 12.1 Å². The number of para-hydroxylation sites is 1. The van der Waals surface area contributed by atoms with Gasteiger partial charge in [-0.1, -0.05) is 6.07 Å². The van der Waals surface area contributed by atoms with E-state index in [2.05, 4.69) is 20.9 Å². The van der Waals surface area contributed by atoms with Crippen LogP contribution in [-0.2, 0) is 5.88 Å². The highest BCUT2D eigenvalue weighted by Gasteiger charge is 2.16. The van der Waals surface area contributed by atoms with Crippen LogP contribution in [0.3, 0.4) is 0 Å². The van der Waals surface area contributed by atoms with Crippen LogP contribution in [-0.4, -0.2) is 16.7 Å². The van der Waals surface area contributed by atoms with Crippen LogP contribution in [0.25, 0.3) is 16.7 Å². The Morgan fingerprint density at radius 3 is 2.86 bits per heavy atom. The predicted octanol–water partition coefficient (Wildman–Crippen LogP) is 4.67. The fourth-order valence-corrected chi connectivity index (χ4v) is 2.91. The number of hydrogen-bond donors (Lipinski definition) is 0. The second-order valence-corrected chi connectivity index (χ2v) is 5.54. The van der Waals surface area contributed by atoms with Crippen LogP contribution in [0.15, 0.2) is 40.9 Å². The molecule has 0 saturated carbocycles. The minimum Gasteiger partial charge on any atom is -0.494 e. The minimum atomic E-state index is -0.321. The van der Waals surface area contributed by atoms with E-state index >= 15 is 0 Å². The van der Waals surface area contributed by atoms with Gasteiger partial charge in [0.25, 0.3) is 0 Å². The number of benzene rings is 2. The molecule has 108 valence electrons. The summed E-state index contributed by atoms with van der Waals surface area (Å²) in [6.07, 6.45) is 0. The Morgan fingerprint density at radius 1 is 1.33 bits per heavy atom. The molecule has 0 bridgehead atoms. The molecule has 0 amide bonds. The number of aromatic nitrogens is 2. The highest BCUT2D eigenvalue weighted by Crippen LogP contribution is 2.32. The number of ether oxygens (including phenoxy) is 1. The van der Waals surface area contributed by atoms with Crippen molar-refractivity contribution in [3.63, 3.8) is 0 Å². The maximum Gasteiger partial charge on any atom is 0.146 e. The van der Waals surface area contributed by atoms with E-state index in [4.69, 9.17) is 16.3 Å². The Bertz CT molecular complexity index is 819. The zero-order chi connectivity index (χ0) is 15.0. The number of nitrogens with zero attached hydrogens (tertiary/aromatic N) is 2. The summed E-state index contributed by atoms with van der Waals surface area (Å²) in [6, 6.07) is 10.1. The normalized spacial score (nSPS) is 11.0. The summed E-state index contributed by atoms with van der Waals surface area (Å²) in [5.74, 6) is 1.17. The largest absolute Gasteiger partial charge is 0.494 e. The van der Waals surface area contributed by atoms with Crippen molar-refractivity contribution in [1.82, 2.24) is 9.55 Å². The molecule has 3 nitrogen and oxygen atoms in total. The summed E-state index contributed by atoms with van der Waals surface area (Å²) < 4.78 is 21.5. The molecule has 0 fully saturated rings. The molecule has 3 rings (SSSR count). The van der Waals surface area contributed by atoms with Gasteiger partial charge in [0.05, 0.1) is 24.2 Å². The molecule has 3 aromatic rings. The predicted molar refractivity (Wildman–Crippen MR) is 84.8 cm³/mol. The molecule has 0 spiro atoms. The fraction of sp³-hybridized carbons (Fsp3) is 0.133. The van der Waals surface area contributed by atoms with Gasteiger partial charge in [-0.2, -0.15) is 0 Å². The third-order valence-corrected chi connectivity index (χ3v) is 4.12. The van der Waals surface area contributed by atoms with Gasteiger partial charge in [-0.15, -0.1) is 11.6 Å². The van der Waals surface area contributed by atoms with E-state index in [0.717, 1.165) is 9.99 Å². The average Bonchev–Trinajstić information content (AvgIpc) is 2.88. The van der Waals surface area contributed by atoms with Crippen LogP contribution in [0.4, 0.5) is 4.39 Å². The summed E-state index contributed by atoms with van der Waals surface area (Å²) in [4.78, 5) is 4.51. The summed E-state index contributed by atoms with van der Waals surface area (Å²) in [5.41, 5.74) is 2.17. The molecular weight excluding hydrogens is 359 g/mol. The first-order valence-corrected chi connectivity index (χ1v) is 7.54. The van der Waals surface area contributed by atoms with Crippen molar-refractivity contribution in [3.05, 3.63) is 52.5 Å². The van der Waals surface area contributed by atoms with E-state index < -0.39 is 0 Å². The maximum absolute atomic E-state index is 13.6. The Balaban J connectivity index is 2.38. The van der Waals surface area contributed by atoms with Crippen LogP contribution >= 0.6 is 27.5 Å². The lowest BCUT2D eigenvalue weighted by atomic mass is 10.2. The molecular formula is C15H11BrClFN2O. The molecule has 1 heterocycles.